The van der Waals surface area contributed by atoms with E-state index in [-0.39, 0.29) is 12.5 Å². The molecule has 0 fully saturated rings. The summed E-state index contributed by atoms with van der Waals surface area (Å²) in [6, 6.07) is 10.2. The lowest BCUT2D eigenvalue weighted by atomic mass is 10.1. The maximum atomic E-state index is 13.2. The zero-order valence-corrected chi connectivity index (χ0v) is 11.2. The van der Waals surface area contributed by atoms with Crippen LogP contribution in [0.1, 0.15) is 15.9 Å². The van der Waals surface area contributed by atoms with Crippen LogP contribution < -0.4 is 4.74 Å². The van der Waals surface area contributed by atoms with Crippen LogP contribution in [0.3, 0.4) is 0 Å². The normalized spacial score (nSPS) is 14.4. The third-order valence-electron chi connectivity index (χ3n) is 3.32. The molecule has 1 aliphatic heterocycles. The van der Waals surface area contributed by atoms with E-state index in [0.717, 1.165) is 6.07 Å². The van der Waals surface area contributed by atoms with Crippen molar-refractivity contribution in [3.05, 3.63) is 65.2 Å². The molecule has 0 unspecified atom stereocenters. The summed E-state index contributed by atoms with van der Waals surface area (Å²) in [5.74, 6) is -0.962. The summed E-state index contributed by atoms with van der Waals surface area (Å²) in [5.41, 5.74) is 0.882. The maximum Gasteiger partial charge on any atom is 0.258 e. The molecular weight excluding hydrogens is 276 g/mol. The van der Waals surface area contributed by atoms with Gasteiger partial charge in [0, 0.05) is 12.6 Å². The smallest absolute Gasteiger partial charge is 0.258 e. The Labute approximate surface area is 120 Å². The second-order valence-electron chi connectivity index (χ2n) is 4.85. The lowest BCUT2D eigenvalue weighted by Gasteiger charge is -2.20. The number of hydrogen-bond acceptors (Lipinski definition) is 2. The summed E-state index contributed by atoms with van der Waals surface area (Å²) in [6.45, 7) is 0.859. The van der Waals surface area contributed by atoms with Crippen LogP contribution in [-0.2, 0) is 6.54 Å². The Morgan fingerprint density at radius 1 is 1.10 bits per heavy atom. The van der Waals surface area contributed by atoms with E-state index >= 15 is 0 Å². The molecule has 3 nitrogen and oxygen atoms in total. The van der Waals surface area contributed by atoms with Crippen LogP contribution in [0.4, 0.5) is 8.78 Å². The number of fused-ring (bicyclic) bond motifs is 1. The molecule has 0 bridgehead atoms. The van der Waals surface area contributed by atoms with Crippen molar-refractivity contribution in [1.82, 2.24) is 4.90 Å². The Balaban J connectivity index is 1.87. The molecule has 0 N–H and O–H groups in total. The van der Waals surface area contributed by atoms with Crippen LogP contribution in [0.25, 0.3) is 0 Å². The van der Waals surface area contributed by atoms with Gasteiger partial charge in [0.2, 0.25) is 0 Å². The Morgan fingerprint density at radius 2 is 1.81 bits per heavy atom. The maximum absolute atomic E-state index is 13.2. The Bertz CT molecular complexity index is 667. The van der Waals surface area contributed by atoms with E-state index in [1.54, 1.807) is 24.3 Å². The second-order valence-corrected chi connectivity index (χ2v) is 4.85. The average molecular weight is 289 g/mol. The fourth-order valence-corrected chi connectivity index (χ4v) is 2.38. The van der Waals surface area contributed by atoms with Gasteiger partial charge in [0.15, 0.2) is 0 Å². The monoisotopic (exact) mass is 289 g/mol. The molecule has 0 radical (unpaired) electrons. The number of benzene rings is 2. The minimum atomic E-state index is -0.649. The first-order valence-corrected chi connectivity index (χ1v) is 6.59. The molecule has 2 aromatic carbocycles. The highest BCUT2D eigenvalue weighted by Gasteiger charge is 2.23. The largest absolute Gasteiger partial charge is 0.491 e. The fourth-order valence-electron chi connectivity index (χ4n) is 2.38. The van der Waals surface area contributed by atoms with E-state index in [2.05, 4.69) is 0 Å². The number of nitrogens with zero attached hydrogens (tertiary/aromatic N) is 1. The van der Waals surface area contributed by atoms with E-state index in [0.29, 0.717) is 30.0 Å². The van der Waals surface area contributed by atoms with Crippen molar-refractivity contribution in [2.24, 2.45) is 0 Å². The van der Waals surface area contributed by atoms with Crippen LogP contribution in [0.15, 0.2) is 42.5 Å². The Morgan fingerprint density at radius 3 is 2.57 bits per heavy atom. The quantitative estimate of drug-likeness (QED) is 0.850. The topological polar surface area (TPSA) is 29.5 Å². The first-order valence-electron chi connectivity index (χ1n) is 6.59. The predicted molar refractivity (Wildman–Crippen MR) is 73.0 cm³/mol. The van der Waals surface area contributed by atoms with Crippen LogP contribution in [0.5, 0.6) is 5.75 Å². The summed E-state index contributed by atoms with van der Waals surface area (Å²) < 4.78 is 32.0. The number of para-hydroxylation sites is 1. The number of rotatable bonds is 2. The lowest BCUT2D eigenvalue weighted by molar-refractivity contribution is 0.0742. The molecule has 3 rings (SSSR count). The van der Waals surface area contributed by atoms with E-state index < -0.39 is 11.6 Å². The molecule has 108 valence electrons. The van der Waals surface area contributed by atoms with Gasteiger partial charge in [-0.15, -0.1) is 0 Å². The minimum absolute atomic E-state index is 0.144. The van der Waals surface area contributed by atoms with E-state index in [9.17, 15) is 13.6 Å². The van der Waals surface area contributed by atoms with Crippen molar-refractivity contribution < 1.29 is 18.3 Å². The van der Waals surface area contributed by atoms with E-state index in [1.807, 2.05) is 0 Å². The van der Waals surface area contributed by atoms with Crippen molar-refractivity contribution in [1.29, 1.82) is 0 Å². The third-order valence-corrected chi connectivity index (χ3v) is 3.32. The van der Waals surface area contributed by atoms with Crippen molar-refractivity contribution in [2.75, 3.05) is 13.2 Å². The summed E-state index contributed by atoms with van der Waals surface area (Å²) in [6.07, 6.45) is 0. The van der Waals surface area contributed by atoms with Crippen molar-refractivity contribution in [3.63, 3.8) is 0 Å². The first-order chi connectivity index (χ1) is 10.1. The molecule has 5 heteroatoms. The van der Waals surface area contributed by atoms with Crippen molar-refractivity contribution >= 4 is 5.91 Å². The van der Waals surface area contributed by atoms with Crippen molar-refractivity contribution in [3.8, 4) is 5.75 Å². The van der Waals surface area contributed by atoms with Gasteiger partial charge in [-0.25, -0.2) is 8.78 Å². The van der Waals surface area contributed by atoms with Gasteiger partial charge in [0.25, 0.3) is 5.91 Å². The second kappa shape index (κ2) is 5.52. The molecule has 0 atom stereocenters. The van der Waals surface area contributed by atoms with Gasteiger partial charge in [-0.1, -0.05) is 12.1 Å². The molecule has 1 aliphatic rings. The number of ether oxygens (including phenoxy) is 1. The minimum Gasteiger partial charge on any atom is -0.491 e. The van der Waals surface area contributed by atoms with Gasteiger partial charge in [-0.2, -0.15) is 0 Å². The highest BCUT2D eigenvalue weighted by molar-refractivity contribution is 5.97. The number of carbonyl (C=O) groups is 1. The number of carbonyl (C=O) groups excluding carboxylic acids is 1. The Kier molecular flexibility index (Phi) is 3.56. The van der Waals surface area contributed by atoms with Crippen LogP contribution >= 0.6 is 0 Å². The Hall–Kier alpha value is -2.43. The average Bonchev–Trinajstić information content (AvgIpc) is 2.59. The first kappa shape index (κ1) is 13.5. The van der Waals surface area contributed by atoms with E-state index in [1.165, 1.54) is 17.0 Å². The standard InChI is InChI=1S/C16H13F2NO2/c17-12-7-11(8-13(18)9-12)10-19-5-6-21-15-4-2-1-3-14(15)16(19)20/h1-4,7-9H,5-6,10H2. The van der Waals surface area contributed by atoms with Crippen LogP contribution in [0, 0.1) is 11.6 Å². The highest BCUT2D eigenvalue weighted by atomic mass is 19.1. The summed E-state index contributed by atoms with van der Waals surface area (Å²) in [4.78, 5) is 14.0. The summed E-state index contributed by atoms with van der Waals surface area (Å²) >= 11 is 0. The van der Waals surface area contributed by atoms with Crippen LogP contribution in [0.2, 0.25) is 0 Å². The van der Waals surface area contributed by atoms with Gasteiger partial charge in [0.1, 0.15) is 24.0 Å². The van der Waals surface area contributed by atoms with Gasteiger partial charge in [0.05, 0.1) is 12.1 Å². The molecule has 0 saturated carbocycles. The molecule has 0 spiro atoms. The van der Waals surface area contributed by atoms with Crippen molar-refractivity contribution in [2.45, 2.75) is 6.54 Å². The summed E-state index contributed by atoms with van der Waals surface area (Å²) in [5, 5.41) is 0. The summed E-state index contributed by atoms with van der Waals surface area (Å²) in [7, 11) is 0. The highest BCUT2D eigenvalue weighted by Crippen LogP contribution is 2.23. The fraction of sp³-hybridized carbons (Fsp3) is 0.188. The molecule has 1 heterocycles. The SMILES string of the molecule is O=C1c2ccccc2OCCN1Cc1cc(F)cc(F)c1. The zero-order chi connectivity index (χ0) is 14.8. The molecule has 2 aromatic rings. The van der Waals surface area contributed by atoms with Gasteiger partial charge >= 0.3 is 0 Å². The lowest BCUT2D eigenvalue weighted by Crippen LogP contribution is -2.31. The third kappa shape index (κ3) is 2.86. The molecule has 21 heavy (non-hydrogen) atoms. The molecule has 1 amide bonds. The number of hydrogen-bond donors (Lipinski definition) is 0. The van der Waals surface area contributed by atoms with Gasteiger partial charge in [-0.05, 0) is 29.8 Å². The number of amides is 1. The predicted octanol–water partition coefficient (Wildman–Crippen LogP) is 3.00. The van der Waals surface area contributed by atoms with Gasteiger partial charge in [-0.3, -0.25) is 4.79 Å². The molecule has 0 aliphatic carbocycles. The molecule has 0 saturated heterocycles. The zero-order valence-electron chi connectivity index (χ0n) is 11.2. The van der Waals surface area contributed by atoms with E-state index in [4.69, 9.17) is 4.74 Å². The van der Waals surface area contributed by atoms with Crippen LogP contribution in [-0.4, -0.2) is 24.0 Å². The number of halogens is 2. The van der Waals surface area contributed by atoms with Gasteiger partial charge < -0.3 is 9.64 Å². The molecular formula is C16H13F2NO2. The molecule has 0 aromatic heterocycles.